The van der Waals surface area contributed by atoms with Crippen LogP contribution in [0.3, 0.4) is 0 Å². The van der Waals surface area contributed by atoms with E-state index in [-0.39, 0.29) is 11.6 Å². The van der Waals surface area contributed by atoms with Crippen molar-refractivity contribution in [3.63, 3.8) is 0 Å². The lowest BCUT2D eigenvalue weighted by molar-refractivity contribution is -0.109. The highest BCUT2D eigenvalue weighted by molar-refractivity contribution is 5.56. The maximum atomic E-state index is 10.1. The number of carbonyl (C=O) groups excluding carboxylic acids is 1. The van der Waals surface area contributed by atoms with Crippen molar-refractivity contribution < 1.29 is 9.53 Å². The Kier molecular flexibility index (Phi) is 2.30. The number of epoxide rings is 1. The van der Waals surface area contributed by atoms with Crippen molar-refractivity contribution in [2.24, 2.45) is 5.73 Å². The van der Waals surface area contributed by atoms with Gasteiger partial charge in [-0.3, -0.25) is 0 Å². The molecule has 1 unspecified atom stereocenters. The number of aldehydes is 1. The van der Waals surface area contributed by atoms with Crippen molar-refractivity contribution >= 4 is 6.29 Å². The van der Waals surface area contributed by atoms with Gasteiger partial charge in [-0.25, -0.2) is 0 Å². The number of ether oxygens (including phenoxy) is 1. The summed E-state index contributed by atoms with van der Waals surface area (Å²) in [7, 11) is 0. The standard InChI is InChI=1S/C8H15NO2/c1-8(2)7(11-8)4-3-6(9)5-10/h5-7H,3-4,9H2,1-2H3/t6-,7?/m0/s1. The molecule has 1 aliphatic rings. The zero-order valence-corrected chi connectivity index (χ0v) is 7.04. The van der Waals surface area contributed by atoms with Gasteiger partial charge in [0, 0.05) is 0 Å². The summed E-state index contributed by atoms with van der Waals surface area (Å²) >= 11 is 0. The minimum Gasteiger partial charge on any atom is -0.367 e. The Balaban J connectivity index is 2.10. The fraction of sp³-hybridized carbons (Fsp3) is 0.875. The highest BCUT2D eigenvalue weighted by atomic mass is 16.6. The molecule has 0 spiro atoms. The van der Waals surface area contributed by atoms with Crippen LogP contribution < -0.4 is 5.73 Å². The van der Waals surface area contributed by atoms with Gasteiger partial charge in [0.05, 0.1) is 17.7 Å². The summed E-state index contributed by atoms with van der Waals surface area (Å²) in [5.74, 6) is 0. The van der Waals surface area contributed by atoms with Gasteiger partial charge in [-0.2, -0.15) is 0 Å². The predicted molar refractivity (Wildman–Crippen MR) is 42.2 cm³/mol. The van der Waals surface area contributed by atoms with Gasteiger partial charge in [0.25, 0.3) is 0 Å². The first-order chi connectivity index (χ1) is 5.06. The van der Waals surface area contributed by atoms with Gasteiger partial charge in [0.1, 0.15) is 6.29 Å². The van der Waals surface area contributed by atoms with E-state index in [0.717, 1.165) is 19.1 Å². The molecule has 3 heteroatoms. The summed E-state index contributed by atoms with van der Waals surface area (Å²) in [5, 5.41) is 0. The molecule has 0 amide bonds. The molecule has 0 aliphatic carbocycles. The van der Waals surface area contributed by atoms with Crippen LogP contribution in [0.4, 0.5) is 0 Å². The molecule has 2 N–H and O–H groups in total. The molecule has 0 radical (unpaired) electrons. The third-order valence-corrected chi connectivity index (χ3v) is 2.10. The van der Waals surface area contributed by atoms with E-state index < -0.39 is 0 Å². The first kappa shape index (κ1) is 8.68. The zero-order chi connectivity index (χ0) is 8.48. The molecular formula is C8H15NO2. The van der Waals surface area contributed by atoms with Crippen LogP contribution in [-0.4, -0.2) is 24.0 Å². The zero-order valence-electron chi connectivity index (χ0n) is 7.04. The molecule has 2 atom stereocenters. The summed E-state index contributed by atoms with van der Waals surface area (Å²) < 4.78 is 5.33. The van der Waals surface area contributed by atoms with Gasteiger partial charge in [-0.1, -0.05) is 0 Å². The van der Waals surface area contributed by atoms with E-state index >= 15 is 0 Å². The smallest absolute Gasteiger partial charge is 0.136 e. The molecule has 1 saturated heterocycles. The van der Waals surface area contributed by atoms with Crippen molar-refractivity contribution in [3.05, 3.63) is 0 Å². The Bertz CT molecular complexity index is 156. The lowest BCUT2D eigenvalue weighted by atomic mass is 10.0. The Morgan fingerprint density at radius 2 is 2.27 bits per heavy atom. The normalized spacial score (nSPS) is 29.5. The molecule has 1 fully saturated rings. The summed E-state index contributed by atoms with van der Waals surface area (Å²) in [6, 6.07) is -0.310. The number of nitrogens with two attached hydrogens (primary N) is 1. The lowest BCUT2D eigenvalue weighted by Gasteiger charge is -2.00. The first-order valence-electron chi connectivity index (χ1n) is 3.95. The van der Waals surface area contributed by atoms with Crippen LogP contribution in [-0.2, 0) is 9.53 Å². The molecule has 11 heavy (non-hydrogen) atoms. The van der Waals surface area contributed by atoms with Crippen LogP contribution in [0.15, 0.2) is 0 Å². The van der Waals surface area contributed by atoms with E-state index in [1.165, 1.54) is 0 Å². The second kappa shape index (κ2) is 2.91. The summed E-state index contributed by atoms with van der Waals surface area (Å²) in [6.07, 6.45) is 2.73. The van der Waals surface area contributed by atoms with Gasteiger partial charge in [-0.05, 0) is 26.7 Å². The lowest BCUT2D eigenvalue weighted by Crippen LogP contribution is -2.22. The van der Waals surface area contributed by atoms with E-state index in [9.17, 15) is 4.79 Å². The fourth-order valence-corrected chi connectivity index (χ4v) is 1.15. The quantitative estimate of drug-likeness (QED) is 0.476. The molecule has 0 aromatic carbocycles. The molecule has 1 rings (SSSR count). The van der Waals surface area contributed by atoms with Gasteiger partial charge in [-0.15, -0.1) is 0 Å². The van der Waals surface area contributed by atoms with Gasteiger partial charge < -0.3 is 15.3 Å². The van der Waals surface area contributed by atoms with Crippen molar-refractivity contribution in [2.45, 2.75) is 44.4 Å². The third-order valence-electron chi connectivity index (χ3n) is 2.10. The number of carbonyl (C=O) groups is 1. The molecule has 0 aromatic rings. The van der Waals surface area contributed by atoms with Crippen LogP contribution >= 0.6 is 0 Å². The monoisotopic (exact) mass is 157 g/mol. The van der Waals surface area contributed by atoms with Crippen LogP contribution in [0.5, 0.6) is 0 Å². The summed E-state index contributed by atoms with van der Waals surface area (Å²) in [5.41, 5.74) is 5.44. The number of rotatable bonds is 4. The molecular weight excluding hydrogens is 142 g/mol. The maximum Gasteiger partial charge on any atom is 0.136 e. The Morgan fingerprint density at radius 1 is 1.73 bits per heavy atom. The summed E-state index contributed by atoms with van der Waals surface area (Å²) in [6.45, 7) is 4.09. The first-order valence-corrected chi connectivity index (χ1v) is 3.95. The maximum absolute atomic E-state index is 10.1. The highest BCUT2D eigenvalue weighted by Gasteiger charge is 2.46. The third kappa shape index (κ3) is 2.27. The minimum atomic E-state index is -0.310. The van der Waals surface area contributed by atoms with Crippen molar-refractivity contribution in [1.29, 1.82) is 0 Å². The van der Waals surface area contributed by atoms with Crippen molar-refractivity contribution in [1.82, 2.24) is 0 Å². The van der Waals surface area contributed by atoms with Crippen LogP contribution in [0.25, 0.3) is 0 Å². The summed E-state index contributed by atoms with van der Waals surface area (Å²) in [4.78, 5) is 10.1. The predicted octanol–water partition coefficient (Wildman–Crippen LogP) is 0.470. The molecule has 1 aliphatic heterocycles. The molecule has 3 nitrogen and oxygen atoms in total. The largest absolute Gasteiger partial charge is 0.367 e. The molecule has 1 heterocycles. The topological polar surface area (TPSA) is 55.6 Å². The molecule has 0 saturated carbocycles. The second-order valence-corrected chi connectivity index (χ2v) is 3.59. The van der Waals surface area contributed by atoms with E-state index in [0.29, 0.717) is 6.10 Å². The van der Waals surface area contributed by atoms with Crippen molar-refractivity contribution in [3.8, 4) is 0 Å². The fourth-order valence-electron chi connectivity index (χ4n) is 1.15. The Labute approximate surface area is 66.9 Å². The van der Waals surface area contributed by atoms with E-state index in [2.05, 4.69) is 0 Å². The number of hydrogen-bond donors (Lipinski definition) is 1. The van der Waals surface area contributed by atoms with Crippen LogP contribution in [0.1, 0.15) is 26.7 Å². The van der Waals surface area contributed by atoms with E-state index in [1.54, 1.807) is 0 Å². The van der Waals surface area contributed by atoms with Crippen LogP contribution in [0, 0.1) is 0 Å². The Hall–Kier alpha value is -0.410. The SMILES string of the molecule is CC1(C)OC1CC[C@H](N)C=O. The second-order valence-electron chi connectivity index (χ2n) is 3.59. The molecule has 0 aromatic heterocycles. The minimum absolute atomic E-state index is 0.0304. The van der Waals surface area contributed by atoms with Gasteiger partial charge in [0.2, 0.25) is 0 Å². The van der Waals surface area contributed by atoms with E-state index in [4.69, 9.17) is 10.5 Å². The van der Waals surface area contributed by atoms with Gasteiger partial charge in [0.15, 0.2) is 0 Å². The molecule has 64 valence electrons. The number of hydrogen-bond acceptors (Lipinski definition) is 3. The van der Waals surface area contributed by atoms with Crippen molar-refractivity contribution in [2.75, 3.05) is 0 Å². The average molecular weight is 157 g/mol. The van der Waals surface area contributed by atoms with Crippen LogP contribution in [0.2, 0.25) is 0 Å². The highest BCUT2D eigenvalue weighted by Crippen LogP contribution is 2.38. The average Bonchev–Trinajstić information content (AvgIpc) is 2.54. The Morgan fingerprint density at radius 3 is 2.64 bits per heavy atom. The van der Waals surface area contributed by atoms with Gasteiger partial charge >= 0.3 is 0 Å². The molecule has 0 bridgehead atoms. The van der Waals surface area contributed by atoms with E-state index in [1.807, 2.05) is 13.8 Å².